The number of carbonyl (C=O) groups is 1. The fourth-order valence-corrected chi connectivity index (χ4v) is 2.56. The molecule has 0 bridgehead atoms. The summed E-state index contributed by atoms with van der Waals surface area (Å²) in [6.07, 6.45) is -4.40. The van der Waals surface area contributed by atoms with Crippen LogP contribution < -0.4 is 0 Å². The molecule has 0 N–H and O–H groups in total. The first-order valence-electron chi connectivity index (χ1n) is 5.46. The van der Waals surface area contributed by atoms with E-state index < -0.39 is 11.7 Å². The van der Waals surface area contributed by atoms with E-state index in [9.17, 15) is 18.0 Å². The SMILES string of the molecule is O=C(c1ccc(C(F)(F)F)cc1)c1cc(I)ccc1Br. The summed E-state index contributed by atoms with van der Waals surface area (Å²) in [5.74, 6) is -0.316. The van der Waals surface area contributed by atoms with Crippen molar-refractivity contribution in [3.05, 3.63) is 67.2 Å². The molecule has 0 atom stereocenters. The van der Waals surface area contributed by atoms with Crippen LogP contribution in [0.4, 0.5) is 13.2 Å². The van der Waals surface area contributed by atoms with Gasteiger partial charge in [-0.25, -0.2) is 0 Å². The average Bonchev–Trinajstić information content (AvgIpc) is 2.40. The second-order valence-electron chi connectivity index (χ2n) is 4.03. The molecule has 0 aromatic heterocycles. The lowest BCUT2D eigenvalue weighted by Crippen LogP contribution is -2.07. The van der Waals surface area contributed by atoms with E-state index in [-0.39, 0.29) is 11.3 Å². The zero-order valence-electron chi connectivity index (χ0n) is 9.84. The van der Waals surface area contributed by atoms with Gasteiger partial charge in [-0.2, -0.15) is 13.2 Å². The Morgan fingerprint density at radius 2 is 1.65 bits per heavy atom. The van der Waals surface area contributed by atoms with Gasteiger partial charge in [0.15, 0.2) is 5.78 Å². The van der Waals surface area contributed by atoms with Gasteiger partial charge in [-0.3, -0.25) is 4.79 Å². The van der Waals surface area contributed by atoms with Crippen LogP contribution in [0.15, 0.2) is 46.9 Å². The van der Waals surface area contributed by atoms with Gasteiger partial charge in [0, 0.05) is 19.2 Å². The monoisotopic (exact) mass is 454 g/mol. The van der Waals surface area contributed by atoms with Crippen molar-refractivity contribution in [3.63, 3.8) is 0 Å². The average molecular weight is 455 g/mol. The number of alkyl halides is 3. The molecule has 2 rings (SSSR count). The van der Waals surface area contributed by atoms with Gasteiger partial charge in [0.05, 0.1) is 5.56 Å². The highest BCUT2D eigenvalue weighted by Gasteiger charge is 2.30. The van der Waals surface area contributed by atoms with Gasteiger partial charge in [-0.1, -0.05) is 28.1 Å². The Labute approximate surface area is 135 Å². The van der Waals surface area contributed by atoms with Crippen LogP contribution in [-0.2, 0) is 6.18 Å². The number of carbonyl (C=O) groups excluding carboxylic acids is 1. The molecule has 2 aromatic rings. The summed E-state index contributed by atoms with van der Waals surface area (Å²) in [4.78, 5) is 12.3. The van der Waals surface area contributed by atoms with E-state index in [4.69, 9.17) is 0 Å². The number of ketones is 1. The maximum Gasteiger partial charge on any atom is 0.416 e. The van der Waals surface area contributed by atoms with E-state index in [0.29, 0.717) is 10.0 Å². The number of rotatable bonds is 2. The molecule has 0 saturated heterocycles. The van der Waals surface area contributed by atoms with Crippen molar-refractivity contribution < 1.29 is 18.0 Å². The summed E-state index contributed by atoms with van der Waals surface area (Å²) in [5.41, 5.74) is -0.117. The van der Waals surface area contributed by atoms with Crippen molar-refractivity contribution in [1.82, 2.24) is 0 Å². The van der Waals surface area contributed by atoms with Crippen molar-refractivity contribution >= 4 is 44.3 Å². The van der Waals surface area contributed by atoms with Gasteiger partial charge >= 0.3 is 6.18 Å². The second kappa shape index (κ2) is 5.85. The minimum Gasteiger partial charge on any atom is -0.289 e. The van der Waals surface area contributed by atoms with E-state index in [1.54, 1.807) is 12.1 Å². The smallest absolute Gasteiger partial charge is 0.289 e. The third-order valence-electron chi connectivity index (χ3n) is 2.65. The number of hydrogen-bond donors (Lipinski definition) is 0. The Hall–Kier alpha value is -0.890. The summed E-state index contributed by atoms with van der Waals surface area (Å²) < 4.78 is 38.9. The maximum atomic E-state index is 12.5. The molecule has 0 unspecified atom stereocenters. The molecule has 0 aliphatic rings. The molecule has 0 fully saturated rings. The highest BCUT2D eigenvalue weighted by atomic mass is 127. The standard InChI is InChI=1S/C14H7BrF3IO/c15-12-6-5-10(19)7-11(12)13(20)8-1-3-9(4-2-8)14(16,17)18/h1-7H. The second-order valence-corrected chi connectivity index (χ2v) is 6.13. The molecule has 104 valence electrons. The van der Waals surface area contributed by atoms with Gasteiger partial charge in [-0.05, 0) is 52.9 Å². The van der Waals surface area contributed by atoms with Crippen molar-refractivity contribution in [2.45, 2.75) is 6.18 Å². The molecule has 0 aliphatic heterocycles. The lowest BCUT2D eigenvalue weighted by molar-refractivity contribution is -0.137. The highest BCUT2D eigenvalue weighted by molar-refractivity contribution is 14.1. The van der Waals surface area contributed by atoms with E-state index >= 15 is 0 Å². The van der Waals surface area contributed by atoms with Crippen LogP contribution in [-0.4, -0.2) is 5.78 Å². The maximum absolute atomic E-state index is 12.5. The Morgan fingerprint density at radius 1 is 1.05 bits per heavy atom. The van der Waals surface area contributed by atoms with Crippen LogP contribution >= 0.6 is 38.5 Å². The number of halogens is 5. The van der Waals surface area contributed by atoms with Crippen LogP contribution in [0.3, 0.4) is 0 Å². The van der Waals surface area contributed by atoms with Gasteiger partial charge in [0.1, 0.15) is 0 Å². The van der Waals surface area contributed by atoms with Crippen LogP contribution in [0.25, 0.3) is 0 Å². The van der Waals surface area contributed by atoms with E-state index in [0.717, 1.165) is 15.7 Å². The van der Waals surface area contributed by atoms with Crippen molar-refractivity contribution in [2.24, 2.45) is 0 Å². The first-order valence-corrected chi connectivity index (χ1v) is 7.33. The minimum absolute atomic E-state index is 0.223. The van der Waals surface area contributed by atoms with Gasteiger partial charge in [0.2, 0.25) is 0 Å². The number of benzene rings is 2. The van der Waals surface area contributed by atoms with Crippen molar-refractivity contribution in [3.8, 4) is 0 Å². The Bertz CT molecular complexity index is 650. The predicted octanol–water partition coefficient (Wildman–Crippen LogP) is 5.30. The molecule has 2 aromatic carbocycles. The molecule has 0 amide bonds. The van der Waals surface area contributed by atoms with E-state index in [1.807, 2.05) is 6.07 Å². The molecule has 6 heteroatoms. The molecule has 1 nitrogen and oxygen atoms in total. The van der Waals surface area contributed by atoms with Crippen molar-refractivity contribution in [2.75, 3.05) is 0 Å². The third-order valence-corrected chi connectivity index (χ3v) is 4.01. The van der Waals surface area contributed by atoms with Crippen LogP contribution in [0.1, 0.15) is 21.5 Å². The lowest BCUT2D eigenvalue weighted by atomic mass is 10.0. The Balaban J connectivity index is 2.37. The van der Waals surface area contributed by atoms with E-state index in [1.165, 1.54) is 12.1 Å². The molecule has 20 heavy (non-hydrogen) atoms. The summed E-state index contributed by atoms with van der Waals surface area (Å²) in [6.45, 7) is 0. The summed E-state index contributed by atoms with van der Waals surface area (Å²) in [7, 11) is 0. The molecule has 0 aliphatic carbocycles. The molecular formula is C14H7BrF3IO. The molecule has 0 heterocycles. The minimum atomic E-state index is -4.40. The molecule has 0 radical (unpaired) electrons. The molecule has 0 spiro atoms. The van der Waals surface area contributed by atoms with Gasteiger partial charge in [-0.15, -0.1) is 0 Å². The Morgan fingerprint density at radius 3 is 2.20 bits per heavy atom. The van der Waals surface area contributed by atoms with Gasteiger partial charge in [0.25, 0.3) is 0 Å². The van der Waals surface area contributed by atoms with E-state index in [2.05, 4.69) is 38.5 Å². The summed E-state index contributed by atoms with van der Waals surface area (Å²) in [6, 6.07) is 9.46. The van der Waals surface area contributed by atoms with Crippen LogP contribution in [0, 0.1) is 3.57 Å². The largest absolute Gasteiger partial charge is 0.416 e. The third kappa shape index (κ3) is 3.41. The van der Waals surface area contributed by atoms with Crippen LogP contribution in [0.5, 0.6) is 0 Å². The van der Waals surface area contributed by atoms with Gasteiger partial charge < -0.3 is 0 Å². The summed E-state index contributed by atoms with van der Waals surface area (Å²) in [5, 5.41) is 0. The number of hydrogen-bond acceptors (Lipinski definition) is 1. The highest BCUT2D eigenvalue weighted by Crippen LogP contribution is 2.30. The molecular weight excluding hydrogens is 448 g/mol. The quantitative estimate of drug-likeness (QED) is 0.444. The topological polar surface area (TPSA) is 17.1 Å². The van der Waals surface area contributed by atoms with Crippen molar-refractivity contribution in [1.29, 1.82) is 0 Å². The fraction of sp³-hybridized carbons (Fsp3) is 0.0714. The zero-order chi connectivity index (χ0) is 14.9. The predicted molar refractivity (Wildman–Crippen MR) is 81.7 cm³/mol. The Kier molecular flexibility index (Phi) is 4.53. The molecule has 0 saturated carbocycles. The normalized spacial score (nSPS) is 11.4. The summed E-state index contributed by atoms with van der Waals surface area (Å²) >= 11 is 5.34. The van der Waals surface area contributed by atoms with Crippen LogP contribution in [0.2, 0.25) is 0 Å². The first-order chi connectivity index (χ1) is 9.29. The first kappa shape index (κ1) is 15.5. The fourth-order valence-electron chi connectivity index (χ4n) is 1.64. The lowest BCUT2D eigenvalue weighted by Gasteiger charge is -2.08. The zero-order valence-corrected chi connectivity index (χ0v) is 13.6.